The molecule has 0 saturated carbocycles. The average Bonchev–Trinajstić information content (AvgIpc) is 2.49. The van der Waals surface area contributed by atoms with Crippen molar-refractivity contribution >= 4 is 33.0 Å². The zero-order valence-electron chi connectivity index (χ0n) is 8.00. The van der Waals surface area contributed by atoms with Crippen molar-refractivity contribution in [3.8, 4) is 0 Å². The molecule has 0 amide bonds. The first-order valence-corrected chi connectivity index (χ1v) is 5.89. The lowest BCUT2D eigenvalue weighted by Gasteiger charge is -2.14. The van der Waals surface area contributed by atoms with Crippen molar-refractivity contribution in [3.05, 3.63) is 20.8 Å². The van der Waals surface area contributed by atoms with E-state index in [2.05, 4.69) is 28.9 Å². The molecule has 0 N–H and O–H groups in total. The molecule has 0 aliphatic heterocycles. The molecule has 0 spiro atoms. The molecule has 0 bridgehead atoms. The summed E-state index contributed by atoms with van der Waals surface area (Å²) in [7, 11) is 0. The van der Waals surface area contributed by atoms with E-state index < -0.39 is 0 Å². The fourth-order valence-corrected chi connectivity index (χ4v) is 2.75. The van der Waals surface area contributed by atoms with Crippen LogP contribution in [0.3, 0.4) is 0 Å². The predicted molar refractivity (Wildman–Crippen MR) is 60.3 cm³/mol. The number of Topliss-reactive ketones (excluding diaryl/α,β-unsaturated/α-hetero) is 1. The fourth-order valence-electron chi connectivity index (χ4n) is 1.17. The summed E-state index contributed by atoms with van der Waals surface area (Å²) in [6, 6.07) is 4.11. The number of carbonyl (C=O) groups excluding carboxylic acids is 1. The molecule has 72 valence electrons. The summed E-state index contributed by atoms with van der Waals surface area (Å²) in [4.78, 5) is 12.4. The van der Waals surface area contributed by atoms with Crippen LogP contribution in [0.5, 0.6) is 0 Å². The van der Waals surface area contributed by atoms with E-state index in [4.69, 9.17) is 0 Å². The molecule has 0 aliphatic carbocycles. The molecule has 1 rings (SSSR count). The molecular formula is C10H13BrOS. The Kier molecular flexibility index (Phi) is 3.68. The first kappa shape index (κ1) is 10.9. The summed E-state index contributed by atoms with van der Waals surface area (Å²) in [5, 5.41) is 0. The number of hydrogen-bond donors (Lipinski definition) is 0. The highest BCUT2D eigenvalue weighted by Gasteiger charge is 2.19. The highest BCUT2D eigenvalue weighted by Crippen LogP contribution is 2.32. The van der Waals surface area contributed by atoms with Gasteiger partial charge in [0.05, 0.1) is 3.79 Å². The Hall–Kier alpha value is -0.150. The Morgan fingerprint density at radius 3 is 2.46 bits per heavy atom. The third-order valence-electron chi connectivity index (χ3n) is 2.43. The van der Waals surface area contributed by atoms with Crippen LogP contribution in [0.4, 0.5) is 0 Å². The second-order valence-corrected chi connectivity index (χ2v) is 5.82. The lowest BCUT2D eigenvalue weighted by atomic mass is 9.91. The molecule has 0 fully saturated rings. The van der Waals surface area contributed by atoms with Gasteiger partial charge in [-0.2, -0.15) is 0 Å². The number of carbonyl (C=O) groups is 1. The van der Waals surface area contributed by atoms with Crippen LogP contribution in [0.15, 0.2) is 15.9 Å². The van der Waals surface area contributed by atoms with Crippen LogP contribution in [-0.4, -0.2) is 5.78 Å². The molecule has 1 aromatic rings. The maximum Gasteiger partial charge on any atom is 0.133 e. The van der Waals surface area contributed by atoms with Crippen LogP contribution in [0.2, 0.25) is 0 Å². The van der Waals surface area contributed by atoms with E-state index in [0.29, 0.717) is 5.92 Å². The maximum atomic E-state index is 11.2. The largest absolute Gasteiger partial charge is 0.300 e. The number of hydrogen-bond acceptors (Lipinski definition) is 2. The highest BCUT2D eigenvalue weighted by atomic mass is 79.9. The van der Waals surface area contributed by atoms with E-state index in [0.717, 1.165) is 3.79 Å². The summed E-state index contributed by atoms with van der Waals surface area (Å²) in [5.41, 5.74) is 0. The van der Waals surface area contributed by atoms with Crippen LogP contribution < -0.4 is 0 Å². The second-order valence-electron chi connectivity index (χ2n) is 3.33. The van der Waals surface area contributed by atoms with Crippen molar-refractivity contribution < 1.29 is 4.79 Å². The molecule has 0 aromatic carbocycles. The minimum atomic E-state index is 0.116. The molecule has 0 saturated heterocycles. The maximum absolute atomic E-state index is 11.2. The Morgan fingerprint density at radius 2 is 2.08 bits per heavy atom. The Bertz CT molecular complexity index is 306. The van der Waals surface area contributed by atoms with Gasteiger partial charge in [0.2, 0.25) is 0 Å². The van der Waals surface area contributed by atoms with E-state index in [1.165, 1.54) is 4.88 Å². The molecule has 1 nitrogen and oxygen atoms in total. The molecule has 0 aliphatic rings. The van der Waals surface area contributed by atoms with Gasteiger partial charge in [0.1, 0.15) is 5.78 Å². The third-order valence-corrected chi connectivity index (χ3v) is 4.26. The number of thiophene rings is 1. The van der Waals surface area contributed by atoms with Gasteiger partial charge in [-0.05, 0) is 40.9 Å². The number of ketones is 1. The first-order chi connectivity index (χ1) is 6.02. The molecule has 1 aromatic heterocycles. The summed E-state index contributed by atoms with van der Waals surface area (Å²) >= 11 is 5.13. The fraction of sp³-hybridized carbons (Fsp3) is 0.500. The van der Waals surface area contributed by atoms with Gasteiger partial charge in [0, 0.05) is 10.8 Å². The molecule has 3 heteroatoms. The summed E-state index contributed by atoms with van der Waals surface area (Å²) < 4.78 is 1.13. The van der Waals surface area contributed by atoms with Crippen molar-refractivity contribution in [1.29, 1.82) is 0 Å². The molecule has 0 radical (unpaired) electrons. The topological polar surface area (TPSA) is 17.1 Å². The van der Waals surface area contributed by atoms with Crippen molar-refractivity contribution in [2.45, 2.75) is 26.7 Å². The normalized spacial score (nSPS) is 15.4. The van der Waals surface area contributed by atoms with E-state index in [1.54, 1.807) is 18.3 Å². The van der Waals surface area contributed by atoms with Gasteiger partial charge in [-0.1, -0.05) is 13.8 Å². The lowest BCUT2D eigenvalue weighted by Crippen LogP contribution is -2.13. The number of rotatable bonds is 3. The highest BCUT2D eigenvalue weighted by molar-refractivity contribution is 9.11. The summed E-state index contributed by atoms with van der Waals surface area (Å²) in [6.07, 6.45) is 0. The monoisotopic (exact) mass is 260 g/mol. The third kappa shape index (κ3) is 2.64. The van der Waals surface area contributed by atoms with Crippen molar-refractivity contribution in [3.63, 3.8) is 0 Å². The van der Waals surface area contributed by atoms with Gasteiger partial charge in [-0.25, -0.2) is 0 Å². The van der Waals surface area contributed by atoms with Crippen LogP contribution >= 0.6 is 27.3 Å². The zero-order chi connectivity index (χ0) is 10.0. The van der Waals surface area contributed by atoms with Crippen LogP contribution in [0, 0.1) is 5.92 Å². The molecule has 13 heavy (non-hydrogen) atoms. The Morgan fingerprint density at radius 1 is 1.46 bits per heavy atom. The minimum absolute atomic E-state index is 0.116. The second kappa shape index (κ2) is 4.38. The van der Waals surface area contributed by atoms with Gasteiger partial charge >= 0.3 is 0 Å². The zero-order valence-corrected chi connectivity index (χ0v) is 10.4. The van der Waals surface area contributed by atoms with E-state index in [9.17, 15) is 4.79 Å². The molecule has 2 atom stereocenters. The molecule has 1 heterocycles. The van der Waals surface area contributed by atoms with Crippen LogP contribution in [0.25, 0.3) is 0 Å². The van der Waals surface area contributed by atoms with E-state index in [1.807, 2.05) is 13.0 Å². The minimum Gasteiger partial charge on any atom is -0.300 e. The average molecular weight is 261 g/mol. The van der Waals surface area contributed by atoms with Crippen LogP contribution in [0.1, 0.15) is 31.6 Å². The smallest absolute Gasteiger partial charge is 0.133 e. The van der Waals surface area contributed by atoms with Gasteiger partial charge in [-0.15, -0.1) is 11.3 Å². The van der Waals surface area contributed by atoms with E-state index in [-0.39, 0.29) is 11.7 Å². The molecule has 2 unspecified atom stereocenters. The lowest BCUT2D eigenvalue weighted by molar-refractivity contribution is -0.120. The SMILES string of the molecule is CC(=O)C(C)C(C)c1ccc(Br)s1. The Labute approximate surface area is 91.3 Å². The summed E-state index contributed by atoms with van der Waals surface area (Å²) in [6.45, 7) is 5.74. The predicted octanol–water partition coefficient (Wildman–Crippen LogP) is 3.84. The van der Waals surface area contributed by atoms with Gasteiger partial charge < -0.3 is 0 Å². The van der Waals surface area contributed by atoms with Crippen LogP contribution in [-0.2, 0) is 4.79 Å². The Balaban J connectivity index is 2.78. The van der Waals surface area contributed by atoms with Gasteiger partial charge in [-0.3, -0.25) is 4.79 Å². The van der Waals surface area contributed by atoms with Crippen molar-refractivity contribution in [2.75, 3.05) is 0 Å². The summed E-state index contributed by atoms with van der Waals surface area (Å²) in [5.74, 6) is 0.705. The quantitative estimate of drug-likeness (QED) is 0.807. The van der Waals surface area contributed by atoms with E-state index >= 15 is 0 Å². The van der Waals surface area contributed by atoms with Crippen molar-refractivity contribution in [1.82, 2.24) is 0 Å². The molecular weight excluding hydrogens is 248 g/mol. The van der Waals surface area contributed by atoms with Gasteiger partial charge in [0.15, 0.2) is 0 Å². The van der Waals surface area contributed by atoms with Gasteiger partial charge in [0.25, 0.3) is 0 Å². The standard InChI is InChI=1S/C10H13BrOS/c1-6(8(3)12)7(2)9-4-5-10(11)13-9/h4-7H,1-3H3. The van der Waals surface area contributed by atoms with Crippen molar-refractivity contribution in [2.24, 2.45) is 5.92 Å². The number of halogens is 1. The first-order valence-electron chi connectivity index (χ1n) is 4.28.